The van der Waals surface area contributed by atoms with Crippen LogP contribution in [-0.4, -0.2) is 40.5 Å². The lowest BCUT2D eigenvalue weighted by Gasteiger charge is -2.15. The molecule has 2 heterocycles. The van der Waals surface area contributed by atoms with Crippen molar-refractivity contribution < 1.29 is 18.8 Å². The number of amides is 4. The number of rotatable bonds is 5. The zero-order valence-electron chi connectivity index (χ0n) is 17.0. The third-order valence-corrected chi connectivity index (χ3v) is 5.14. The minimum atomic E-state index is -0.951. The van der Waals surface area contributed by atoms with Gasteiger partial charge in [-0.1, -0.05) is 30.3 Å². The predicted molar refractivity (Wildman–Crippen MR) is 113 cm³/mol. The average molecular weight is 406 g/mol. The van der Waals surface area contributed by atoms with Gasteiger partial charge in [0, 0.05) is 18.4 Å². The van der Waals surface area contributed by atoms with E-state index in [2.05, 4.69) is 15.8 Å². The number of hydrogen-bond donors (Lipinski definition) is 2. The van der Waals surface area contributed by atoms with Crippen LogP contribution >= 0.6 is 0 Å². The fraction of sp³-hybridized carbons (Fsp3) is 0.273. The summed E-state index contributed by atoms with van der Waals surface area (Å²) in [5.74, 6) is -0.201. The summed E-state index contributed by atoms with van der Waals surface area (Å²) in [5, 5.41) is 9.85. The van der Waals surface area contributed by atoms with Crippen LogP contribution in [0.15, 0.2) is 52.0 Å². The fourth-order valence-electron chi connectivity index (χ4n) is 3.46. The van der Waals surface area contributed by atoms with Gasteiger partial charge in [0.1, 0.15) is 16.8 Å². The molecule has 0 bridgehead atoms. The van der Waals surface area contributed by atoms with Crippen LogP contribution in [0.4, 0.5) is 4.79 Å². The Balaban J connectivity index is 1.43. The first-order valence-corrected chi connectivity index (χ1v) is 9.65. The molecule has 1 aromatic heterocycles. The van der Waals surface area contributed by atoms with Crippen LogP contribution in [0.3, 0.4) is 0 Å². The molecule has 4 amide bonds. The number of carbonyl (C=O) groups is 3. The molecule has 8 nitrogen and oxygen atoms in total. The molecule has 0 aliphatic carbocycles. The fourth-order valence-corrected chi connectivity index (χ4v) is 3.46. The molecule has 0 spiro atoms. The maximum absolute atomic E-state index is 12.2. The van der Waals surface area contributed by atoms with Crippen molar-refractivity contribution in [1.29, 1.82) is 0 Å². The topological polar surface area (TPSA) is 104 Å². The Bertz CT molecular complexity index is 1210. The first kappa shape index (κ1) is 19.6. The van der Waals surface area contributed by atoms with E-state index < -0.39 is 17.5 Å². The molecule has 8 heteroatoms. The summed E-state index contributed by atoms with van der Waals surface area (Å²) >= 11 is 0. The van der Waals surface area contributed by atoms with Crippen LogP contribution in [0.2, 0.25) is 0 Å². The molecule has 0 radical (unpaired) electrons. The Labute approximate surface area is 172 Å². The number of benzene rings is 2. The van der Waals surface area contributed by atoms with Gasteiger partial charge in [0.25, 0.3) is 5.91 Å². The minimum Gasteiger partial charge on any atom is -0.455 e. The molecule has 2 aromatic carbocycles. The molecular weight excluding hydrogens is 384 g/mol. The first-order chi connectivity index (χ1) is 14.3. The molecule has 0 atom stereocenters. The summed E-state index contributed by atoms with van der Waals surface area (Å²) in [5.41, 5.74) is 2.76. The van der Waals surface area contributed by atoms with Crippen LogP contribution < -0.4 is 10.7 Å². The van der Waals surface area contributed by atoms with E-state index in [0.717, 1.165) is 26.6 Å². The molecule has 1 saturated heterocycles. The van der Waals surface area contributed by atoms with Crippen molar-refractivity contribution in [1.82, 2.24) is 15.6 Å². The molecule has 1 fully saturated rings. The molecule has 4 rings (SSSR count). The van der Waals surface area contributed by atoms with Crippen LogP contribution in [-0.2, 0) is 9.59 Å². The van der Waals surface area contributed by atoms with E-state index in [0.29, 0.717) is 11.5 Å². The molecule has 0 unspecified atom stereocenters. The highest BCUT2D eigenvalue weighted by Gasteiger charge is 2.43. The normalized spacial score (nSPS) is 16.4. The molecular formula is C22H22N4O4. The van der Waals surface area contributed by atoms with E-state index in [-0.39, 0.29) is 18.9 Å². The maximum Gasteiger partial charge on any atom is 0.325 e. The highest BCUT2D eigenvalue weighted by molar-refractivity contribution is 6.09. The van der Waals surface area contributed by atoms with Crippen molar-refractivity contribution in [2.75, 3.05) is 6.54 Å². The van der Waals surface area contributed by atoms with Crippen molar-refractivity contribution in [3.05, 3.63) is 48.2 Å². The van der Waals surface area contributed by atoms with Gasteiger partial charge in [0.2, 0.25) is 5.91 Å². The van der Waals surface area contributed by atoms with Gasteiger partial charge in [-0.05, 0) is 43.7 Å². The smallest absolute Gasteiger partial charge is 0.325 e. The summed E-state index contributed by atoms with van der Waals surface area (Å²) in [6.07, 6.45) is -0.0449. The predicted octanol–water partition coefficient (Wildman–Crippen LogP) is 3.15. The molecule has 3 aromatic rings. The van der Waals surface area contributed by atoms with Gasteiger partial charge in [-0.2, -0.15) is 5.10 Å². The standard InChI is InChI=1S/C22H22N4O4/c1-13(18-12-16-15-7-5-4-6-14(15)8-9-17(16)30-18)24-25-19(27)10-11-26-20(28)22(2,3)23-21(26)29/h4-9,12H,10-11H2,1-3H3,(H,23,29)(H,25,27)/b24-13-. The van der Waals surface area contributed by atoms with Gasteiger partial charge in [-0.3, -0.25) is 14.5 Å². The second-order valence-corrected chi connectivity index (χ2v) is 7.80. The lowest BCUT2D eigenvalue weighted by atomic mass is 10.1. The van der Waals surface area contributed by atoms with Gasteiger partial charge >= 0.3 is 6.03 Å². The number of hydrazone groups is 1. The Kier molecular flexibility index (Phi) is 4.77. The molecule has 2 N–H and O–H groups in total. The zero-order chi connectivity index (χ0) is 21.5. The van der Waals surface area contributed by atoms with Crippen molar-refractivity contribution in [2.24, 2.45) is 5.10 Å². The van der Waals surface area contributed by atoms with E-state index in [1.807, 2.05) is 42.5 Å². The highest BCUT2D eigenvalue weighted by Crippen LogP contribution is 2.28. The van der Waals surface area contributed by atoms with Crippen molar-refractivity contribution >= 4 is 45.3 Å². The second-order valence-electron chi connectivity index (χ2n) is 7.80. The number of nitrogens with zero attached hydrogens (tertiary/aromatic N) is 2. The largest absolute Gasteiger partial charge is 0.455 e. The number of furan rings is 1. The summed E-state index contributed by atoms with van der Waals surface area (Å²) < 4.78 is 5.87. The van der Waals surface area contributed by atoms with Crippen molar-refractivity contribution in [3.8, 4) is 0 Å². The third-order valence-electron chi connectivity index (χ3n) is 5.14. The third kappa shape index (κ3) is 3.52. The molecule has 1 aliphatic heterocycles. The van der Waals surface area contributed by atoms with E-state index in [1.54, 1.807) is 20.8 Å². The number of fused-ring (bicyclic) bond motifs is 3. The van der Waals surface area contributed by atoms with Gasteiger partial charge in [0.05, 0.1) is 0 Å². The van der Waals surface area contributed by atoms with Crippen LogP contribution in [0.5, 0.6) is 0 Å². The van der Waals surface area contributed by atoms with Crippen LogP contribution in [0.25, 0.3) is 21.7 Å². The van der Waals surface area contributed by atoms with E-state index >= 15 is 0 Å². The molecule has 30 heavy (non-hydrogen) atoms. The SMILES string of the molecule is C/C(=N/NC(=O)CCN1C(=O)NC(C)(C)C1=O)c1cc2c(ccc3ccccc32)o1. The quantitative estimate of drug-likeness (QED) is 0.386. The lowest BCUT2D eigenvalue weighted by molar-refractivity contribution is -0.130. The second kappa shape index (κ2) is 7.29. The average Bonchev–Trinajstić information content (AvgIpc) is 3.24. The zero-order valence-corrected chi connectivity index (χ0v) is 17.0. The first-order valence-electron chi connectivity index (χ1n) is 9.65. The maximum atomic E-state index is 12.2. The summed E-state index contributed by atoms with van der Waals surface area (Å²) in [7, 11) is 0. The Hall–Kier alpha value is -3.68. The number of carbonyl (C=O) groups excluding carboxylic acids is 3. The number of hydrogen-bond acceptors (Lipinski definition) is 5. The minimum absolute atomic E-state index is 0.00880. The molecule has 1 aliphatic rings. The Morgan fingerprint density at radius 1 is 1.17 bits per heavy atom. The van der Waals surface area contributed by atoms with E-state index in [1.165, 1.54) is 0 Å². The Morgan fingerprint density at radius 2 is 1.93 bits per heavy atom. The monoisotopic (exact) mass is 406 g/mol. The van der Waals surface area contributed by atoms with Gasteiger partial charge in [0.15, 0.2) is 5.76 Å². The van der Waals surface area contributed by atoms with Crippen LogP contribution in [0, 0.1) is 0 Å². The number of imide groups is 1. The van der Waals surface area contributed by atoms with Gasteiger partial charge < -0.3 is 9.73 Å². The van der Waals surface area contributed by atoms with Crippen molar-refractivity contribution in [3.63, 3.8) is 0 Å². The van der Waals surface area contributed by atoms with Crippen LogP contribution in [0.1, 0.15) is 33.0 Å². The number of nitrogens with one attached hydrogen (secondary N) is 2. The summed E-state index contributed by atoms with van der Waals surface area (Å²) in [6.45, 7) is 4.97. The lowest BCUT2D eigenvalue weighted by Crippen LogP contribution is -2.40. The summed E-state index contributed by atoms with van der Waals surface area (Å²) in [6, 6.07) is 13.3. The highest BCUT2D eigenvalue weighted by atomic mass is 16.3. The van der Waals surface area contributed by atoms with Crippen molar-refractivity contribution in [2.45, 2.75) is 32.7 Å². The van der Waals surface area contributed by atoms with E-state index in [9.17, 15) is 14.4 Å². The van der Waals surface area contributed by atoms with Gasteiger partial charge in [-0.25, -0.2) is 10.2 Å². The number of urea groups is 1. The summed E-state index contributed by atoms with van der Waals surface area (Å²) in [4.78, 5) is 37.2. The molecule has 0 saturated carbocycles. The molecule has 154 valence electrons. The van der Waals surface area contributed by atoms with Gasteiger partial charge in [-0.15, -0.1) is 0 Å². The Morgan fingerprint density at radius 3 is 2.67 bits per heavy atom. The van der Waals surface area contributed by atoms with E-state index in [4.69, 9.17) is 4.42 Å².